The number of fused-ring (bicyclic) bond motifs is 2. The Kier molecular flexibility index (Phi) is 5.46. The maximum atomic E-state index is 12.4. The van der Waals surface area contributed by atoms with Crippen molar-refractivity contribution >= 4 is 35.0 Å². The van der Waals surface area contributed by atoms with Gasteiger partial charge in [0.05, 0.1) is 16.8 Å². The number of ether oxygens (including phenoxy) is 1. The Bertz CT molecular complexity index is 1050. The smallest absolute Gasteiger partial charge is 0.267 e. The van der Waals surface area contributed by atoms with E-state index in [1.807, 2.05) is 6.92 Å². The van der Waals surface area contributed by atoms with Crippen LogP contribution in [0.1, 0.15) is 47.4 Å². The molecule has 2 aliphatic rings. The van der Waals surface area contributed by atoms with Crippen LogP contribution in [-0.2, 0) is 9.59 Å². The summed E-state index contributed by atoms with van der Waals surface area (Å²) in [5.74, 6) is -0.420. The zero-order valence-corrected chi connectivity index (χ0v) is 17.4. The topological polar surface area (TPSA) is 96.0 Å². The number of rotatable bonds is 6. The molecule has 0 saturated heterocycles. The molecule has 8 heteroatoms. The summed E-state index contributed by atoms with van der Waals surface area (Å²) in [7, 11) is 0. The van der Waals surface area contributed by atoms with Crippen LogP contribution in [0.3, 0.4) is 0 Å². The van der Waals surface area contributed by atoms with E-state index < -0.39 is 6.10 Å². The third-order valence-electron chi connectivity index (χ3n) is 5.43. The highest BCUT2D eigenvalue weighted by atomic mass is 16.5. The highest BCUT2D eigenvalue weighted by Gasteiger charge is 2.34. The van der Waals surface area contributed by atoms with E-state index in [2.05, 4.69) is 5.32 Å². The molecule has 2 heterocycles. The van der Waals surface area contributed by atoms with Crippen molar-refractivity contribution in [3.63, 3.8) is 0 Å². The van der Waals surface area contributed by atoms with Crippen molar-refractivity contribution in [2.45, 2.75) is 32.8 Å². The fourth-order valence-electron chi connectivity index (χ4n) is 3.87. The van der Waals surface area contributed by atoms with Gasteiger partial charge in [-0.1, -0.05) is 12.1 Å². The Hall–Kier alpha value is -3.68. The van der Waals surface area contributed by atoms with Gasteiger partial charge >= 0.3 is 0 Å². The van der Waals surface area contributed by atoms with Gasteiger partial charge in [0.1, 0.15) is 5.75 Å². The second kappa shape index (κ2) is 8.22. The van der Waals surface area contributed by atoms with Crippen LogP contribution in [0.25, 0.3) is 0 Å². The molecule has 0 saturated carbocycles. The number of nitrogens with zero attached hydrogens (tertiary/aromatic N) is 2. The highest BCUT2D eigenvalue weighted by molar-refractivity contribution is 6.21. The van der Waals surface area contributed by atoms with Crippen molar-refractivity contribution in [3.8, 4) is 5.75 Å². The number of anilines is 2. The van der Waals surface area contributed by atoms with Crippen molar-refractivity contribution in [2.75, 3.05) is 23.3 Å². The van der Waals surface area contributed by atoms with Crippen molar-refractivity contribution in [2.24, 2.45) is 0 Å². The fourth-order valence-corrected chi connectivity index (χ4v) is 3.87. The van der Waals surface area contributed by atoms with Gasteiger partial charge in [0.25, 0.3) is 17.7 Å². The second-order valence-corrected chi connectivity index (χ2v) is 7.48. The number of hydrogen-bond donors (Lipinski definition) is 1. The Morgan fingerprint density at radius 3 is 2.35 bits per heavy atom. The quantitative estimate of drug-likeness (QED) is 0.724. The lowest BCUT2D eigenvalue weighted by Gasteiger charge is -2.32. The van der Waals surface area contributed by atoms with Gasteiger partial charge in [-0.05, 0) is 50.6 Å². The van der Waals surface area contributed by atoms with Crippen LogP contribution >= 0.6 is 0 Å². The van der Waals surface area contributed by atoms with Crippen LogP contribution in [0, 0.1) is 0 Å². The first-order chi connectivity index (χ1) is 14.9. The lowest BCUT2D eigenvalue weighted by Crippen LogP contribution is -2.44. The fraction of sp³-hybridized carbons (Fsp3) is 0.304. The van der Waals surface area contributed by atoms with Gasteiger partial charge in [-0.2, -0.15) is 0 Å². The molecular weight excluding hydrogens is 398 g/mol. The second-order valence-electron chi connectivity index (χ2n) is 7.48. The summed E-state index contributed by atoms with van der Waals surface area (Å²) in [6, 6.07) is 11.9. The maximum Gasteiger partial charge on any atom is 0.267 e. The van der Waals surface area contributed by atoms with Crippen molar-refractivity contribution in [3.05, 3.63) is 53.6 Å². The van der Waals surface area contributed by atoms with E-state index in [1.165, 1.54) is 4.90 Å². The minimum atomic E-state index is -0.546. The molecule has 0 spiro atoms. The lowest BCUT2D eigenvalue weighted by atomic mass is 10.1. The van der Waals surface area contributed by atoms with Crippen LogP contribution in [0.5, 0.6) is 5.75 Å². The van der Waals surface area contributed by atoms with E-state index in [4.69, 9.17) is 4.74 Å². The molecule has 0 bridgehead atoms. The molecule has 31 heavy (non-hydrogen) atoms. The van der Waals surface area contributed by atoms with Crippen LogP contribution in [0.15, 0.2) is 42.5 Å². The predicted molar refractivity (Wildman–Crippen MR) is 114 cm³/mol. The lowest BCUT2D eigenvalue weighted by molar-refractivity contribution is -0.125. The molecule has 2 aliphatic heterocycles. The van der Waals surface area contributed by atoms with E-state index in [1.54, 1.807) is 54.3 Å². The summed E-state index contributed by atoms with van der Waals surface area (Å²) in [5.41, 5.74) is 1.97. The van der Waals surface area contributed by atoms with Crippen LogP contribution in [0.4, 0.5) is 11.4 Å². The van der Waals surface area contributed by atoms with Gasteiger partial charge in [-0.25, -0.2) is 0 Å². The number of amides is 4. The van der Waals surface area contributed by atoms with Crippen LogP contribution < -0.4 is 15.0 Å². The van der Waals surface area contributed by atoms with E-state index in [0.29, 0.717) is 41.2 Å². The van der Waals surface area contributed by atoms with Crippen molar-refractivity contribution in [1.29, 1.82) is 0 Å². The first kappa shape index (κ1) is 20.6. The number of benzene rings is 2. The zero-order chi connectivity index (χ0) is 22.1. The first-order valence-electron chi connectivity index (χ1n) is 10.3. The number of imide groups is 1. The van der Waals surface area contributed by atoms with Gasteiger partial charge in [-0.3, -0.25) is 24.1 Å². The molecule has 0 radical (unpaired) electrons. The molecule has 1 unspecified atom stereocenters. The standard InChI is InChI=1S/C23H23N3O5/c1-3-25-18-13-15(10-11-19(18)31-14(2)21(25)28)24-20(27)9-6-12-26-22(29)16-7-4-5-8-17(16)23(26)30/h4-5,7-8,10-11,13-14H,3,6,9,12H2,1-2H3,(H,24,27). The molecular formula is C23H23N3O5. The normalized spacial score (nSPS) is 17.4. The largest absolute Gasteiger partial charge is 0.479 e. The van der Waals surface area contributed by atoms with Gasteiger partial charge < -0.3 is 15.0 Å². The third kappa shape index (κ3) is 3.76. The summed E-state index contributed by atoms with van der Waals surface area (Å²) < 4.78 is 5.63. The molecule has 0 aromatic heterocycles. The zero-order valence-electron chi connectivity index (χ0n) is 17.4. The van der Waals surface area contributed by atoms with Gasteiger partial charge in [0, 0.05) is 25.2 Å². The molecule has 0 fully saturated rings. The average Bonchev–Trinajstić information content (AvgIpc) is 3.00. The molecule has 2 aromatic carbocycles. The Morgan fingerprint density at radius 2 is 1.71 bits per heavy atom. The summed E-state index contributed by atoms with van der Waals surface area (Å²) in [4.78, 5) is 52.3. The van der Waals surface area contributed by atoms with Crippen LogP contribution in [0.2, 0.25) is 0 Å². The Labute approximate surface area is 179 Å². The number of nitrogens with one attached hydrogen (secondary N) is 1. The minimum absolute atomic E-state index is 0.126. The number of hydrogen-bond acceptors (Lipinski definition) is 5. The molecule has 4 amide bonds. The predicted octanol–water partition coefficient (Wildman–Crippen LogP) is 2.84. The number of likely N-dealkylation sites (N-methyl/N-ethyl adjacent to an activating group) is 1. The Morgan fingerprint density at radius 1 is 1.03 bits per heavy atom. The highest BCUT2D eigenvalue weighted by Crippen LogP contribution is 2.36. The van der Waals surface area contributed by atoms with E-state index in [0.717, 1.165) is 0 Å². The maximum absolute atomic E-state index is 12.4. The average molecular weight is 421 g/mol. The molecule has 1 atom stereocenters. The summed E-state index contributed by atoms with van der Waals surface area (Å²) >= 11 is 0. The molecule has 4 rings (SSSR count). The van der Waals surface area contributed by atoms with Gasteiger partial charge in [0.2, 0.25) is 5.91 Å². The van der Waals surface area contributed by atoms with Crippen molar-refractivity contribution in [1.82, 2.24) is 4.90 Å². The van der Waals surface area contributed by atoms with Gasteiger partial charge in [0.15, 0.2) is 6.10 Å². The third-order valence-corrected chi connectivity index (χ3v) is 5.43. The summed E-state index contributed by atoms with van der Waals surface area (Å²) in [5, 5.41) is 2.81. The monoisotopic (exact) mass is 421 g/mol. The van der Waals surface area contributed by atoms with Gasteiger partial charge in [-0.15, -0.1) is 0 Å². The summed E-state index contributed by atoms with van der Waals surface area (Å²) in [6.07, 6.45) is -0.0494. The minimum Gasteiger partial charge on any atom is -0.479 e. The van der Waals surface area contributed by atoms with E-state index >= 15 is 0 Å². The molecule has 8 nitrogen and oxygen atoms in total. The van der Waals surface area contributed by atoms with Crippen molar-refractivity contribution < 1.29 is 23.9 Å². The van der Waals surface area contributed by atoms with Crippen LogP contribution in [-0.4, -0.2) is 47.7 Å². The SMILES string of the molecule is CCN1C(=O)C(C)Oc2ccc(NC(=O)CCCN3C(=O)c4ccccc4C3=O)cc21. The molecule has 0 aliphatic carbocycles. The molecule has 2 aromatic rings. The van der Waals surface area contributed by atoms with E-state index in [-0.39, 0.29) is 36.6 Å². The number of carbonyl (C=O) groups excluding carboxylic acids is 4. The summed E-state index contributed by atoms with van der Waals surface area (Å²) in [6.45, 7) is 4.26. The number of carbonyl (C=O) groups is 4. The van der Waals surface area contributed by atoms with E-state index in [9.17, 15) is 19.2 Å². The molecule has 160 valence electrons. The first-order valence-corrected chi connectivity index (χ1v) is 10.3. The Balaban J connectivity index is 1.35. The molecule has 1 N–H and O–H groups in total.